The summed E-state index contributed by atoms with van der Waals surface area (Å²) in [7, 11) is 1.84. The smallest absolute Gasteiger partial charge is 0.321 e. The van der Waals surface area contributed by atoms with E-state index in [1.807, 2.05) is 18.9 Å². The monoisotopic (exact) mass is 276 g/mol. The van der Waals surface area contributed by atoms with Crippen molar-refractivity contribution in [2.45, 2.75) is 52.0 Å². The molecule has 0 aromatic carbocycles. The van der Waals surface area contributed by atoms with E-state index in [0.717, 1.165) is 44.3 Å². The van der Waals surface area contributed by atoms with Crippen molar-refractivity contribution in [2.75, 3.05) is 13.6 Å². The second-order valence-corrected chi connectivity index (χ2v) is 5.19. The zero-order valence-electron chi connectivity index (χ0n) is 13.1. The zero-order chi connectivity index (χ0) is 15.0. The molecule has 0 fully saturated rings. The van der Waals surface area contributed by atoms with E-state index in [1.165, 1.54) is 0 Å². The molecule has 0 saturated carbocycles. The minimum atomic E-state index is 0.0788. The lowest BCUT2D eigenvalue weighted by atomic mass is 10.0. The Kier molecular flexibility index (Phi) is 7.13. The molecule has 1 rings (SSSR count). The Labute approximate surface area is 123 Å². The van der Waals surface area contributed by atoms with Crippen molar-refractivity contribution in [1.29, 1.82) is 0 Å². The highest BCUT2D eigenvalue weighted by molar-refractivity contribution is 5.77. The maximum atomic E-state index is 12.7. The Morgan fingerprint density at radius 3 is 2.65 bits per heavy atom. The molecule has 112 valence electrons. The predicted molar refractivity (Wildman–Crippen MR) is 85.5 cm³/mol. The minimum Gasteiger partial charge on any atom is -0.321 e. The fraction of sp³-hybridized carbons (Fsp3) is 0.588. The van der Waals surface area contributed by atoms with Crippen LogP contribution in [-0.2, 0) is 0 Å². The van der Waals surface area contributed by atoms with Gasteiger partial charge in [0.15, 0.2) is 0 Å². The average Bonchev–Trinajstić information content (AvgIpc) is 2.49. The van der Waals surface area contributed by atoms with E-state index >= 15 is 0 Å². The molecule has 0 N–H and O–H groups in total. The van der Waals surface area contributed by atoms with E-state index in [1.54, 1.807) is 11.0 Å². The molecule has 0 aromatic heterocycles. The molecule has 0 spiro atoms. The van der Waals surface area contributed by atoms with E-state index in [4.69, 9.17) is 0 Å². The van der Waals surface area contributed by atoms with Crippen LogP contribution in [0.4, 0.5) is 4.79 Å². The van der Waals surface area contributed by atoms with Crippen LogP contribution in [0.3, 0.4) is 0 Å². The SMILES string of the molecule is C=C/C(=C\CCC)N(C)C(=O)N(CC)C1CC=CCC1. The van der Waals surface area contributed by atoms with E-state index in [9.17, 15) is 4.79 Å². The molecule has 1 unspecified atom stereocenters. The number of amides is 2. The van der Waals surface area contributed by atoms with Crippen molar-refractivity contribution >= 4 is 6.03 Å². The molecule has 3 heteroatoms. The van der Waals surface area contributed by atoms with Gasteiger partial charge < -0.3 is 4.90 Å². The number of hydrogen-bond acceptors (Lipinski definition) is 1. The second-order valence-electron chi connectivity index (χ2n) is 5.19. The highest BCUT2D eigenvalue weighted by Gasteiger charge is 2.25. The summed E-state index contributed by atoms with van der Waals surface area (Å²) in [5.74, 6) is 0. The van der Waals surface area contributed by atoms with Gasteiger partial charge in [0.2, 0.25) is 0 Å². The van der Waals surface area contributed by atoms with Gasteiger partial charge in [-0.25, -0.2) is 4.79 Å². The fourth-order valence-corrected chi connectivity index (χ4v) is 2.56. The number of likely N-dealkylation sites (N-methyl/N-ethyl adjacent to an activating group) is 1. The molecular weight excluding hydrogens is 248 g/mol. The molecule has 0 bridgehead atoms. The van der Waals surface area contributed by atoms with Crippen molar-refractivity contribution in [2.24, 2.45) is 0 Å². The number of rotatable bonds is 6. The first-order valence-electron chi connectivity index (χ1n) is 7.67. The van der Waals surface area contributed by atoms with Crippen LogP contribution in [0.25, 0.3) is 0 Å². The molecule has 1 atom stereocenters. The summed E-state index contributed by atoms with van der Waals surface area (Å²) in [6.45, 7) is 8.75. The summed E-state index contributed by atoms with van der Waals surface area (Å²) in [6.07, 6.45) is 13.4. The topological polar surface area (TPSA) is 23.6 Å². The third kappa shape index (κ3) is 4.26. The minimum absolute atomic E-state index is 0.0788. The molecule has 0 aromatic rings. The number of unbranched alkanes of at least 4 members (excludes halogenated alkanes) is 1. The molecule has 0 radical (unpaired) electrons. The summed E-state index contributed by atoms with van der Waals surface area (Å²) < 4.78 is 0. The van der Waals surface area contributed by atoms with Gasteiger partial charge in [-0.3, -0.25) is 4.90 Å². The Morgan fingerprint density at radius 2 is 2.15 bits per heavy atom. The maximum Gasteiger partial charge on any atom is 0.324 e. The van der Waals surface area contributed by atoms with E-state index in [2.05, 4.69) is 31.7 Å². The molecule has 2 amide bonds. The van der Waals surface area contributed by atoms with Crippen molar-refractivity contribution in [3.63, 3.8) is 0 Å². The molecule has 1 aliphatic carbocycles. The highest BCUT2D eigenvalue weighted by Crippen LogP contribution is 2.20. The number of hydrogen-bond donors (Lipinski definition) is 0. The summed E-state index contributed by atoms with van der Waals surface area (Å²) in [5, 5.41) is 0. The van der Waals surface area contributed by atoms with Crippen LogP contribution < -0.4 is 0 Å². The van der Waals surface area contributed by atoms with Crippen LogP contribution in [-0.4, -0.2) is 35.5 Å². The van der Waals surface area contributed by atoms with Crippen molar-refractivity contribution in [3.05, 3.63) is 36.6 Å². The Morgan fingerprint density at radius 1 is 1.40 bits per heavy atom. The number of allylic oxidation sites excluding steroid dienone is 3. The maximum absolute atomic E-state index is 12.7. The van der Waals surface area contributed by atoms with Gasteiger partial charge in [0, 0.05) is 25.3 Å². The third-order valence-electron chi connectivity index (χ3n) is 3.79. The van der Waals surface area contributed by atoms with Gasteiger partial charge in [0.05, 0.1) is 0 Å². The lowest BCUT2D eigenvalue weighted by Crippen LogP contribution is -2.46. The number of urea groups is 1. The summed E-state index contributed by atoms with van der Waals surface area (Å²) in [5.41, 5.74) is 0.904. The van der Waals surface area contributed by atoms with Crippen LogP contribution in [0.5, 0.6) is 0 Å². The lowest BCUT2D eigenvalue weighted by molar-refractivity contribution is 0.151. The predicted octanol–water partition coefficient (Wildman–Crippen LogP) is 4.34. The summed E-state index contributed by atoms with van der Waals surface area (Å²) >= 11 is 0. The lowest BCUT2D eigenvalue weighted by Gasteiger charge is -2.35. The first-order chi connectivity index (χ1) is 9.65. The van der Waals surface area contributed by atoms with Crippen LogP contribution in [0, 0.1) is 0 Å². The Bertz CT molecular complexity index is 384. The Hall–Kier alpha value is -1.51. The van der Waals surface area contributed by atoms with Crippen molar-refractivity contribution < 1.29 is 4.79 Å². The van der Waals surface area contributed by atoms with E-state index in [0.29, 0.717) is 6.04 Å². The number of carbonyl (C=O) groups is 1. The fourth-order valence-electron chi connectivity index (χ4n) is 2.56. The van der Waals surface area contributed by atoms with Gasteiger partial charge in [-0.05, 0) is 38.7 Å². The first kappa shape index (κ1) is 16.5. The van der Waals surface area contributed by atoms with Crippen molar-refractivity contribution in [1.82, 2.24) is 9.80 Å². The third-order valence-corrected chi connectivity index (χ3v) is 3.79. The molecule has 20 heavy (non-hydrogen) atoms. The summed E-state index contributed by atoms with van der Waals surface area (Å²) in [4.78, 5) is 16.4. The van der Waals surface area contributed by atoms with Gasteiger partial charge in [0.25, 0.3) is 0 Å². The molecule has 0 aliphatic heterocycles. The molecular formula is C17H28N2O. The average molecular weight is 276 g/mol. The number of nitrogens with zero attached hydrogens (tertiary/aromatic N) is 2. The zero-order valence-corrected chi connectivity index (χ0v) is 13.1. The van der Waals surface area contributed by atoms with Gasteiger partial charge in [-0.15, -0.1) is 0 Å². The number of carbonyl (C=O) groups excluding carboxylic acids is 1. The molecule has 3 nitrogen and oxygen atoms in total. The second kappa shape index (κ2) is 8.62. The summed E-state index contributed by atoms with van der Waals surface area (Å²) in [6, 6.07) is 0.409. The van der Waals surface area contributed by atoms with Crippen LogP contribution in [0.15, 0.2) is 36.6 Å². The first-order valence-corrected chi connectivity index (χ1v) is 7.67. The largest absolute Gasteiger partial charge is 0.324 e. The Balaban J connectivity index is 2.78. The van der Waals surface area contributed by atoms with E-state index < -0.39 is 0 Å². The van der Waals surface area contributed by atoms with Gasteiger partial charge in [-0.1, -0.05) is 38.2 Å². The normalized spacial score (nSPS) is 18.8. The molecule has 0 heterocycles. The van der Waals surface area contributed by atoms with E-state index in [-0.39, 0.29) is 6.03 Å². The highest BCUT2D eigenvalue weighted by atomic mass is 16.2. The van der Waals surface area contributed by atoms with Gasteiger partial charge >= 0.3 is 6.03 Å². The van der Waals surface area contributed by atoms with Crippen LogP contribution >= 0.6 is 0 Å². The molecule has 1 aliphatic rings. The quantitative estimate of drug-likeness (QED) is 0.523. The van der Waals surface area contributed by atoms with Crippen LogP contribution in [0.2, 0.25) is 0 Å². The van der Waals surface area contributed by atoms with Crippen LogP contribution in [0.1, 0.15) is 46.0 Å². The van der Waals surface area contributed by atoms with Crippen molar-refractivity contribution in [3.8, 4) is 0 Å². The standard InChI is InChI=1S/C17H28N2O/c1-5-8-12-15(6-2)18(4)17(20)19(7-3)16-13-10-9-11-14-16/h6,9-10,12,16H,2,5,7-8,11,13-14H2,1,3-4H3/b15-12+. The molecule has 0 saturated heterocycles. The van der Waals surface area contributed by atoms with Gasteiger partial charge in [-0.2, -0.15) is 0 Å². The van der Waals surface area contributed by atoms with Gasteiger partial charge in [0.1, 0.15) is 0 Å².